The smallest absolute Gasteiger partial charge is 0.312 e. The van der Waals surface area contributed by atoms with Crippen LogP contribution < -0.4 is 0 Å². The highest BCUT2D eigenvalue weighted by molar-refractivity contribution is 9.10. The van der Waals surface area contributed by atoms with Gasteiger partial charge in [0.25, 0.3) is 0 Å². The summed E-state index contributed by atoms with van der Waals surface area (Å²) in [6.45, 7) is 0. The summed E-state index contributed by atoms with van der Waals surface area (Å²) in [6.07, 6.45) is 2.10. The Labute approximate surface area is 134 Å². The number of aliphatic carboxylic acids is 1. The molecule has 0 aliphatic rings. The third-order valence-electron chi connectivity index (χ3n) is 3.42. The standard InChI is InChI=1S/C16H12BrNO2S/c17-13-4-2-1-3-10(13)9-12(16(19)20)15-11-6-8-21-14(11)5-7-18-15/h1-8,12H,9H2,(H,19,20). The van der Waals surface area contributed by atoms with Crippen molar-refractivity contribution < 1.29 is 9.90 Å². The average molecular weight is 362 g/mol. The molecule has 0 radical (unpaired) electrons. The Morgan fingerprint density at radius 1 is 1.29 bits per heavy atom. The first-order valence-electron chi connectivity index (χ1n) is 6.45. The Morgan fingerprint density at radius 2 is 2.10 bits per heavy atom. The van der Waals surface area contributed by atoms with E-state index in [4.69, 9.17) is 0 Å². The van der Waals surface area contributed by atoms with Crippen LogP contribution in [-0.4, -0.2) is 16.1 Å². The Morgan fingerprint density at radius 3 is 2.86 bits per heavy atom. The zero-order chi connectivity index (χ0) is 14.8. The van der Waals surface area contributed by atoms with E-state index in [1.807, 2.05) is 41.8 Å². The van der Waals surface area contributed by atoms with Crippen LogP contribution in [0.3, 0.4) is 0 Å². The summed E-state index contributed by atoms with van der Waals surface area (Å²) in [7, 11) is 0. The molecule has 2 heterocycles. The lowest BCUT2D eigenvalue weighted by Crippen LogP contribution is -2.16. The van der Waals surface area contributed by atoms with Gasteiger partial charge in [-0.25, -0.2) is 0 Å². The number of carbonyl (C=O) groups is 1. The SMILES string of the molecule is O=C(O)C(Cc1ccccc1Br)c1nccc2sccc12. The average Bonchev–Trinajstić information content (AvgIpc) is 2.94. The summed E-state index contributed by atoms with van der Waals surface area (Å²) in [5.41, 5.74) is 1.61. The molecule has 21 heavy (non-hydrogen) atoms. The molecule has 0 saturated heterocycles. The van der Waals surface area contributed by atoms with Crippen LogP contribution in [0.5, 0.6) is 0 Å². The highest BCUT2D eigenvalue weighted by Crippen LogP contribution is 2.31. The van der Waals surface area contributed by atoms with Crippen molar-refractivity contribution in [2.45, 2.75) is 12.3 Å². The first-order chi connectivity index (χ1) is 10.2. The fraction of sp³-hybridized carbons (Fsp3) is 0.125. The second-order valence-electron chi connectivity index (χ2n) is 4.71. The normalized spacial score (nSPS) is 12.4. The number of thiophene rings is 1. The Balaban J connectivity index is 2.05. The van der Waals surface area contributed by atoms with Crippen molar-refractivity contribution in [3.8, 4) is 0 Å². The molecule has 1 atom stereocenters. The number of nitrogens with zero attached hydrogens (tertiary/aromatic N) is 1. The quantitative estimate of drug-likeness (QED) is 0.745. The molecule has 0 spiro atoms. The molecule has 5 heteroatoms. The number of carboxylic acid groups (broad SMARTS) is 1. The molecule has 0 aliphatic heterocycles. The summed E-state index contributed by atoms with van der Waals surface area (Å²) in [4.78, 5) is 16.1. The van der Waals surface area contributed by atoms with E-state index in [0.29, 0.717) is 12.1 Å². The number of aromatic nitrogens is 1. The second-order valence-corrected chi connectivity index (χ2v) is 6.52. The van der Waals surface area contributed by atoms with Crippen molar-refractivity contribution in [2.75, 3.05) is 0 Å². The van der Waals surface area contributed by atoms with Gasteiger partial charge in [-0.05, 0) is 35.6 Å². The molecule has 2 aromatic heterocycles. The van der Waals surface area contributed by atoms with Gasteiger partial charge < -0.3 is 5.11 Å². The van der Waals surface area contributed by atoms with Crippen molar-refractivity contribution in [3.05, 3.63) is 63.7 Å². The molecule has 0 fully saturated rings. The predicted molar refractivity (Wildman–Crippen MR) is 87.8 cm³/mol. The molecule has 1 unspecified atom stereocenters. The maximum absolute atomic E-state index is 11.7. The van der Waals surface area contributed by atoms with Crippen LogP contribution in [0.1, 0.15) is 17.2 Å². The van der Waals surface area contributed by atoms with Gasteiger partial charge in [0.15, 0.2) is 0 Å². The molecule has 1 N–H and O–H groups in total. The van der Waals surface area contributed by atoms with Crippen molar-refractivity contribution in [1.29, 1.82) is 0 Å². The number of benzene rings is 1. The van der Waals surface area contributed by atoms with Gasteiger partial charge in [-0.1, -0.05) is 34.1 Å². The molecule has 1 aromatic carbocycles. The monoisotopic (exact) mass is 361 g/mol. The maximum Gasteiger partial charge on any atom is 0.312 e. The highest BCUT2D eigenvalue weighted by Gasteiger charge is 2.24. The molecule has 106 valence electrons. The van der Waals surface area contributed by atoms with Crippen LogP contribution in [0.25, 0.3) is 10.1 Å². The van der Waals surface area contributed by atoms with Gasteiger partial charge >= 0.3 is 5.97 Å². The molecule has 0 amide bonds. The third kappa shape index (κ3) is 2.84. The van der Waals surface area contributed by atoms with Crippen LogP contribution in [0.4, 0.5) is 0 Å². The van der Waals surface area contributed by atoms with Gasteiger partial charge in [0.1, 0.15) is 5.92 Å². The lowest BCUT2D eigenvalue weighted by atomic mass is 9.94. The summed E-state index contributed by atoms with van der Waals surface area (Å²) in [5.74, 6) is -1.50. The van der Waals surface area contributed by atoms with Crippen molar-refractivity contribution in [3.63, 3.8) is 0 Å². The van der Waals surface area contributed by atoms with Crippen LogP contribution in [-0.2, 0) is 11.2 Å². The molecular formula is C16H12BrNO2S. The van der Waals surface area contributed by atoms with Crippen LogP contribution in [0.15, 0.2) is 52.4 Å². The third-order valence-corrected chi connectivity index (χ3v) is 5.08. The lowest BCUT2D eigenvalue weighted by molar-refractivity contribution is -0.138. The first-order valence-corrected chi connectivity index (χ1v) is 8.12. The summed E-state index contributed by atoms with van der Waals surface area (Å²) >= 11 is 5.08. The van der Waals surface area contributed by atoms with Gasteiger partial charge in [0.2, 0.25) is 0 Å². The second kappa shape index (κ2) is 5.95. The number of rotatable bonds is 4. The van der Waals surface area contributed by atoms with Gasteiger partial charge in [0, 0.05) is 20.8 Å². The van der Waals surface area contributed by atoms with Crippen molar-refractivity contribution in [1.82, 2.24) is 4.98 Å². The van der Waals surface area contributed by atoms with Gasteiger partial charge in [-0.15, -0.1) is 11.3 Å². The van der Waals surface area contributed by atoms with Gasteiger partial charge in [-0.2, -0.15) is 0 Å². The molecule has 0 saturated carbocycles. The number of fused-ring (bicyclic) bond motifs is 1. The van der Waals surface area contributed by atoms with E-state index in [-0.39, 0.29) is 0 Å². The van der Waals surface area contributed by atoms with Gasteiger partial charge in [0.05, 0.1) is 5.69 Å². The highest BCUT2D eigenvalue weighted by atomic mass is 79.9. The van der Waals surface area contributed by atoms with Gasteiger partial charge in [-0.3, -0.25) is 9.78 Å². The Hall–Kier alpha value is -1.72. The summed E-state index contributed by atoms with van der Waals surface area (Å²) < 4.78 is 1.99. The maximum atomic E-state index is 11.7. The van der Waals surface area contributed by atoms with Crippen LogP contribution >= 0.6 is 27.3 Å². The fourth-order valence-corrected chi connectivity index (χ4v) is 3.62. The number of hydrogen-bond donors (Lipinski definition) is 1. The topological polar surface area (TPSA) is 50.2 Å². The van der Waals surface area contributed by atoms with E-state index in [9.17, 15) is 9.90 Å². The zero-order valence-corrected chi connectivity index (χ0v) is 13.4. The first kappa shape index (κ1) is 14.2. The fourth-order valence-electron chi connectivity index (χ4n) is 2.38. The number of halogens is 1. The molecule has 3 nitrogen and oxygen atoms in total. The predicted octanol–water partition coefficient (Wildman–Crippen LogP) is 4.47. The summed E-state index contributed by atoms with van der Waals surface area (Å²) in [6, 6.07) is 11.6. The Kier molecular flexibility index (Phi) is 4.03. The van der Waals surface area contributed by atoms with E-state index in [1.165, 1.54) is 0 Å². The minimum Gasteiger partial charge on any atom is -0.481 e. The van der Waals surface area contributed by atoms with E-state index in [0.717, 1.165) is 20.1 Å². The van der Waals surface area contributed by atoms with E-state index >= 15 is 0 Å². The number of carboxylic acids is 1. The van der Waals surface area contributed by atoms with Crippen LogP contribution in [0.2, 0.25) is 0 Å². The van der Waals surface area contributed by atoms with Crippen LogP contribution in [0, 0.1) is 0 Å². The minimum absolute atomic E-state index is 0.415. The molecule has 0 bridgehead atoms. The zero-order valence-electron chi connectivity index (χ0n) is 11.0. The Bertz CT molecular complexity index is 800. The molecule has 3 aromatic rings. The largest absolute Gasteiger partial charge is 0.481 e. The number of pyridine rings is 1. The van der Waals surface area contributed by atoms with E-state index in [1.54, 1.807) is 17.5 Å². The number of hydrogen-bond acceptors (Lipinski definition) is 3. The lowest BCUT2D eigenvalue weighted by Gasteiger charge is -2.14. The minimum atomic E-state index is -0.850. The van der Waals surface area contributed by atoms with E-state index in [2.05, 4.69) is 20.9 Å². The molecule has 3 rings (SSSR count). The molecular weight excluding hydrogens is 350 g/mol. The summed E-state index contributed by atoms with van der Waals surface area (Å²) in [5, 5.41) is 12.5. The molecule has 0 aliphatic carbocycles. The van der Waals surface area contributed by atoms with Crippen molar-refractivity contribution in [2.24, 2.45) is 0 Å². The van der Waals surface area contributed by atoms with E-state index < -0.39 is 11.9 Å². The van der Waals surface area contributed by atoms with Crippen molar-refractivity contribution >= 4 is 43.3 Å².